The minimum Gasteiger partial charge on any atom is -0.355 e. The van der Waals surface area contributed by atoms with Crippen molar-refractivity contribution >= 4 is 28.7 Å². The Bertz CT molecular complexity index is 1260. The van der Waals surface area contributed by atoms with Crippen LogP contribution in [0, 0.1) is 12.8 Å². The lowest BCUT2D eigenvalue weighted by Crippen LogP contribution is -2.37. The van der Waals surface area contributed by atoms with Crippen LogP contribution in [0.5, 0.6) is 0 Å². The topological polar surface area (TPSA) is 93.6 Å². The second kappa shape index (κ2) is 8.38. The van der Waals surface area contributed by atoms with Crippen molar-refractivity contribution < 1.29 is 4.79 Å². The van der Waals surface area contributed by atoms with Crippen molar-refractivity contribution in [1.82, 2.24) is 29.8 Å². The normalized spacial score (nSPS) is 15.6. The standard InChI is InChI=1S/C21H22N8OS/c1-15-2-4-16(5-3-15)14-28-12-13-31-21(28)22-20(30)17-8-10-27(11-9-17)19-7-6-18-23-25-26-29(18)24-19/h2-7,12-13,17H,8-11,14H2,1H3. The first kappa shape index (κ1) is 19.6. The molecule has 4 heterocycles. The van der Waals surface area contributed by atoms with Crippen molar-refractivity contribution in [3.05, 3.63) is 63.9 Å². The molecule has 0 atom stereocenters. The van der Waals surface area contributed by atoms with Gasteiger partial charge in [0.15, 0.2) is 16.3 Å². The van der Waals surface area contributed by atoms with Gasteiger partial charge in [-0.25, -0.2) is 0 Å². The van der Waals surface area contributed by atoms with E-state index in [0.29, 0.717) is 12.2 Å². The highest BCUT2D eigenvalue weighted by Gasteiger charge is 2.26. The second-order valence-corrected chi connectivity index (χ2v) is 8.60. The molecule has 3 aromatic heterocycles. The number of benzene rings is 1. The summed E-state index contributed by atoms with van der Waals surface area (Å²) in [6.45, 7) is 4.28. The summed E-state index contributed by atoms with van der Waals surface area (Å²) in [5.41, 5.74) is 3.04. The lowest BCUT2D eigenvalue weighted by molar-refractivity contribution is -0.122. The fraction of sp³-hybridized carbons (Fsp3) is 0.333. The molecule has 0 saturated carbocycles. The molecule has 0 N–H and O–H groups in total. The van der Waals surface area contributed by atoms with E-state index in [1.54, 1.807) is 0 Å². The fourth-order valence-corrected chi connectivity index (χ4v) is 4.48. The van der Waals surface area contributed by atoms with Gasteiger partial charge in [-0.15, -0.1) is 26.2 Å². The number of tetrazole rings is 1. The van der Waals surface area contributed by atoms with Crippen LogP contribution in [0.3, 0.4) is 0 Å². The van der Waals surface area contributed by atoms with Gasteiger partial charge >= 0.3 is 0 Å². The van der Waals surface area contributed by atoms with Gasteiger partial charge in [-0.2, -0.15) is 4.99 Å². The third-order valence-electron chi connectivity index (χ3n) is 5.56. The predicted octanol–water partition coefficient (Wildman–Crippen LogP) is 2.08. The molecule has 158 valence electrons. The van der Waals surface area contributed by atoms with E-state index in [9.17, 15) is 4.79 Å². The van der Waals surface area contributed by atoms with Crippen LogP contribution in [-0.4, -0.2) is 48.8 Å². The number of rotatable bonds is 4. The molecule has 31 heavy (non-hydrogen) atoms. The number of thiazole rings is 1. The van der Waals surface area contributed by atoms with Crippen LogP contribution in [0.1, 0.15) is 24.0 Å². The van der Waals surface area contributed by atoms with E-state index < -0.39 is 0 Å². The summed E-state index contributed by atoms with van der Waals surface area (Å²) in [5, 5.41) is 17.8. The summed E-state index contributed by atoms with van der Waals surface area (Å²) in [6, 6.07) is 12.2. The Morgan fingerprint density at radius 1 is 1.16 bits per heavy atom. The molecule has 1 aromatic carbocycles. The average molecular weight is 435 g/mol. The number of aromatic nitrogens is 6. The number of carbonyl (C=O) groups excluding carboxylic acids is 1. The quantitative estimate of drug-likeness (QED) is 0.488. The van der Waals surface area contributed by atoms with Crippen molar-refractivity contribution in [2.24, 2.45) is 10.9 Å². The summed E-state index contributed by atoms with van der Waals surface area (Å²) in [4.78, 5) is 20.2. The van der Waals surface area contributed by atoms with Crippen LogP contribution in [0.4, 0.5) is 5.82 Å². The van der Waals surface area contributed by atoms with Crippen molar-refractivity contribution in [2.75, 3.05) is 18.0 Å². The molecule has 1 aliphatic heterocycles. The number of fused-ring (bicyclic) bond motifs is 1. The smallest absolute Gasteiger partial charge is 0.251 e. The third kappa shape index (κ3) is 4.24. The molecule has 0 bridgehead atoms. The zero-order valence-corrected chi connectivity index (χ0v) is 17.9. The largest absolute Gasteiger partial charge is 0.355 e. The fourth-order valence-electron chi connectivity index (χ4n) is 3.75. The molecule has 9 nitrogen and oxygen atoms in total. The summed E-state index contributed by atoms with van der Waals surface area (Å²) in [7, 11) is 0. The Morgan fingerprint density at radius 3 is 2.77 bits per heavy atom. The molecule has 1 saturated heterocycles. The number of nitrogens with zero attached hydrogens (tertiary/aromatic N) is 8. The second-order valence-electron chi connectivity index (χ2n) is 7.73. The molecule has 0 spiro atoms. The third-order valence-corrected chi connectivity index (χ3v) is 6.36. The van der Waals surface area contributed by atoms with Crippen LogP contribution in [0.2, 0.25) is 0 Å². The molecule has 4 aromatic rings. The van der Waals surface area contributed by atoms with Crippen molar-refractivity contribution in [1.29, 1.82) is 0 Å². The Hall–Kier alpha value is -3.40. The minimum atomic E-state index is -0.0667. The lowest BCUT2D eigenvalue weighted by atomic mass is 9.96. The zero-order chi connectivity index (χ0) is 21.2. The first-order chi connectivity index (χ1) is 15.2. The number of aryl methyl sites for hydroxylation is 1. The Kier molecular flexibility index (Phi) is 5.29. The Morgan fingerprint density at radius 2 is 1.97 bits per heavy atom. The molecule has 1 aliphatic rings. The maximum atomic E-state index is 12.9. The van der Waals surface area contributed by atoms with Crippen LogP contribution in [-0.2, 0) is 11.3 Å². The lowest BCUT2D eigenvalue weighted by Gasteiger charge is -2.31. The highest BCUT2D eigenvalue weighted by atomic mass is 32.1. The van der Waals surface area contributed by atoms with E-state index in [1.807, 2.05) is 28.3 Å². The monoisotopic (exact) mass is 434 g/mol. The molecular formula is C21H22N8OS. The summed E-state index contributed by atoms with van der Waals surface area (Å²) >= 11 is 1.50. The van der Waals surface area contributed by atoms with Crippen LogP contribution >= 0.6 is 11.3 Å². The van der Waals surface area contributed by atoms with Crippen LogP contribution < -0.4 is 9.70 Å². The number of hydrogen-bond donors (Lipinski definition) is 0. The molecule has 5 rings (SSSR count). The molecule has 0 radical (unpaired) electrons. The first-order valence-corrected chi connectivity index (χ1v) is 11.1. The van der Waals surface area contributed by atoms with Crippen LogP contribution in [0.15, 0.2) is 53.0 Å². The van der Waals surface area contributed by atoms with Gasteiger partial charge in [0.25, 0.3) is 5.91 Å². The Labute approximate surface area is 182 Å². The maximum Gasteiger partial charge on any atom is 0.251 e. The maximum absolute atomic E-state index is 12.9. The van der Waals surface area contributed by atoms with Gasteiger partial charge in [0.05, 0.1) is 0 Å². The molecular weight excluding hydrogens is 412 g/mol. The summed E-state index contributed by atoms with van der Waals surface area (Å²) < 4.78 is 3.46. The SMILES string of the molecule is Cc1ccc(Cn2ccsc2=NC(=O)C2CCN(c3ccc4nnnn4n3)CC2)cc1. The van der Waals surface area contributed by atoms with Crippen LogP contribution in [0.25, 0.3) is 5.65 Å². The zero-order valence-electron chi connectivity index (χ0n) is 17.1. The van der Waals surface area contributed by atoms with E-state index in [4.69, 9.17) is 0 Å². The molecule has 0 unspecified atom stereocenters. The van der Waals surface area contributed by atoms with Gasteiger partial charge in [0, 0.05) is 37.1 Å². The number of amides is 1. The van der Waals surface area contributed by atoms with E-state index in [0.717, 1.165) is 36.6 Å². The van der Waals surface area contributed by atoms with E-state index in [2.05, 4.69) is 61.7 Å². The van der Waals surface area contributed by atoms with E-state index in [-0.39, 0.29) is 11.8 Å². The summed E-state index contributed by atoms with van der Waals surface area (Å²) in [6.07, 6.45) is 3.49. The van der Waals surface area contributed by atoms with E-state index in [1.165, 1.54) is 27.1 Å². The molecule has 0 aliphatic carbocycles. The minimum absolute atomic E-state index is 0.0383. The predicted molar refractivity (Wildman–Crippen MR) is 117 cm³/mol. The van der Waals surface area contributed by atoms with Gasteiger partial charge in [-0.3, -0.25) is 4.79 Å². The van der Waals surface area contributed by atoms with E-state index >= 15 is 0 Å². The highest BCUT2D eigenvalue weighted by molar-refractivity contribution is 7.07. The number of piperidine rings is 1. The molecule has 10 heteroatoms. The summed E-state index contributed by atoms with van der Waals surface area (Å²) in [5.74, 6) is 0.712. The number of carbonyl (C=O) groups is 1. The van der Waals surface area contributed by atoms with Crippen molar-refractivity contribution in [3.63, 3.8) is 0 Å². The van der Waals surface area contributed by atoms with Gasteiger partial charge in [0.2, 0.25) is 0 Å². The van der Waals surface area contributed by atoms with Gasteiger partial charge in [0.1, 0.15) is 0 Å². The average Bonchev–Trinajstić information content (AvgIpc) is 3.44. The highest BCUT2D eigenvalue weighted by Crippen LogP contribution is 2.22. The first-order valence-electron chi connectivity index (χ1n) is 10.2. The molecule has 1 fully saturated rings. The van der Waals surface area contributed by atoms with Gasteiger partial charge < -0.3 is 9.47 Å². The van der Waals surface area contributed by atoms with Gasteiger partial charge in [-0.05, 0) is 47.9 Å². The van der Waals surface area contributed by atoms with Crippen molar-refractivity contribution in [2.45, 2.75) is 26.3 Å². The molecule has 1 amide bonds. The van der Waals surface area contributed by atoms with Crippen molar-refractivity contribution in [3.8, 4) is 0 Å². The number of anilines is 1. The van der Waals surface area contributed by atoms with Gasteiger partial charge in [-0.1, -0.05) is 29.8 Å². The number of hydrogen-bond acceptors (Lipinski definition) is 7. The Balaban J connectivity index is 1.25.